The molecular formula is C19H20N2O6S. The van der Waals surface area contributed by atoms with Gasteiger partial charge in [0.15, 0.2) is 0 Å². The molecule has 1 saturated heterocycles. The predicted octanol–water partition coefficient (Wildman–Crippen LogP) is 2.83. The van der Waals surface area contributed by atoms with Crippen LogP contribution in [-0.4, -0.2) is 37.3 Å². The van der Waals surface area contributed by atoms with Crippen LogP contribution in [0.5, 0.6) is 0 Å². The second-order valence-corrected chi connectivity index (χ2v) is 8.60. The van der Waals surface area contributed by atoms with Gasteiger partial charge in [-0.25, -0.2) is 8.42 Å². The molecule has 0 spiro atoms. The molecule has 0 aliphatic carbocycles. The van der Waals surface area contributed by atoms with Gasteiger partial charge in [-0.05, 0) is 31.0 Å². The number of hydrogen-bond donors (Lipinski definition) is 0. The summed E-state index contributed by atoms with van der Waals surface area (Å²) < 4.78 is 32.5. The Morgan fingerprint density at radius 2 is 1.89 bits per heavy atom. The first-order chi connectivity index (χ1) is 13.2. The van der Waals surface area contributed by atoms with Crippen molar-refractivity contribution in [2.45, 2.75) is 24.3 Å². The van der Waals surface area contributed by atoms with Crippen molar-refractivity contribution >= 4 is 21.7 Å². The second kappa shape index (κ2) is 7.69. The minimum absolute atomic E-state index is 0.0454. The normalized spacial score (nSPS) is 20.1. The Kier molecular flexibility index (Phi) is 5.48. The Morgan fingerprint density at radius 1 is 1.21 bits per heavy atom. The molecular weight excluding hydrogens is 384 g/mol. The lowest BCUT2D eigenvalue weighted by Crippen LogP contribution is -2.32. The average Bonchev–Trinajstić information content (AvgIpc) is 3.14. The van der Waals surface area contributed by atoms with Crippen LogP contribution >= 0.6 is 0 Å². The Labute approximate surface area is 162 Å². The van der Waals surface area contributed by atoms with Crippen LogP contribution in [0.2, 0.25) is 0 Å². The van der Waals surface area contributed by atoms with Gasteiger partial charge < -0.3 is 4.74 Å². The summed E-state index contributed by atoms with van der Waals surface area (Å²) in [6.45, 7) is 1.81. The van der Waals surface area contributed by atoms with Crippen molar-refractivity contribution in [2.75, 3.05) is 13.7 Å². The number of ether oxygens (including phenoxy) is 1. The van der Waals surface area contributed by atoms with Crippen molar-refractivity contribution in [1.29, 1.82) is 0 Å². The molecule has 1 heterocycles. The van der Waals surface area contributed by atoms with E-state index < -0.39 is 32.9 Å². The Balaban J connectivity index is 2.05. The van der Waals surface area contributed by atoms with E-state index in [-0.39, 0.29) is 23.5 Å². The van der Waals surface area contributed by atoms with Crippen molar-refractivity contribution < 1.29 is 22.9 Å². The zero-order valence-corrected chi connectivity index (χ0v) is 16.3. The quantitative estimate of drug-likeness (QED) is 0.431. The van der Waals surface area contributed by atoms with Gasteiger partial charge in [-0.3, -0.25) is 14.9 Å². The number of nitro groups is 1. The Morgan fingerprint density at radius 3 is 2.50 bits per heavy atom. The lowest BCUT2D eigenvalue weighted by atomic mass is 10.00. The second-order valence-electron chi connectivity index (χ2n) is 6.71. The van der Waals surface area contributed by atoms with Crippen molar-refractivity contribution in [1.82, 2.24) is 4.31 Å². The number of non-ortho nitro benzene ring substituents is 1. The number of aryl methyl sites for hydroxylation is 1. The molecule has 1 aliphatic rings. The number of hydrogen-bond acceptors (Lipinski definition) is 6. The van der Waals surface area contributed by atoms with E-state index in [4.69, 9.17) is 4.74 Å². The minimum atomic E-state index is -3.90. The third-order valence-electron chi connectivity index (χ3n) is 4.88. The molecule has 2 aromatic carbocycles. The summed E-state index contributed by atoms with van der Waals surface area (Å²) in [5.41, 5.74) is 1.26. The number of carbonyl (C=O) groups excluding carboxylic acids is 1. The highest BCUT2D eigenvalue weighted by Gasteiger charge is 2.44. The summed E-state index contributed by atoms with van der Waals surface area (Å²) in [7, 11) is -2.65. The fourth-order valence-electron chi connectivity index (χ4n) is 3.40. The first kappa shape index (κ1) is 20.0. The Hall–Kier alpha value is -2.78. The van der Waals surface area contributed by atoms with Gasteiger partial charge in [-0.1, -0.05) is 29.8 Å². The largest absolute Gasteiger partial charge is 0.469 e. The zero-order chi connectivity index (χ0) is 20.5. The standard InChI is InChI=1S/C19H20N2O6S/c1-13-6-8-17(9-7-13)28(25,26)20-12-15(19(22)27-2)11-18(20)14-4-3-5-16(10-14)21(23)24/h3-10,15,18H,11-12H2,1-2H3. The van der Waals surface area contributed by atoms with Gasteiger partial charge in [0, 0.05) is 18.7 Å². The first-order valence-corrected chi connectivity index (χ1v) is 10.1. The fourth-order valence-corrected chi connectivity index (χ4v) is 5.07. The highest BCUT2D eigenvalue weighted by Crippen LogP contribution is 2.40. The SMILES string of the molecule is COC(=O)C1CC(c2cccc([N+](=O)[O-])c2)N(S(=O)(=O)c2ccc(C)cc2)C1. The van der Waals surface area contributed by atoms with Crippen LogP contribution < -0.4 is 0 Å². The van der Waals surface area contributed by atoms with E-state index in [1.165, 1.54) is 41.7 Å². The van der Waals surface area contributed by atoms with Gasteiger partial charge in [0.25, 0.3) is 5.69 Å². The maximum atomic E-state index is 13.2. The van der Waals surface area contributed by atoms with Crippen LogP contribution in [0.3, 0.4) is 0 Å². The maximum absolute atomic E-state index is 13.2. The maximum Gasteiger partial charge on any atom is 0.310 e. The average molecular weight is 404 g/mol. The van der Waals surface area contributed by atoms with Gasteiger partial charge in [0.1, 0.15) is 0 Å². The number of nitro benzene ring substituents is 1. The predicted molar refractivity (Wildman–Crippen MR) is 101 cm³/mol. The van der Waals surface area contributed by atoms with Crippen molar-refractivity contribution in [3.05, 3.63) is 69.8 Å². The van der Waals surface area contributed by atoms with Crippen LogP contribution in [0.1, 0.15) is 23.6 Å². The van der Waals surface area contributed by atoms with E-state index in [1.54, 1.807) is 18.2 Å². The third kappa shape index (κ3) is 3.76. The number of benzene rings is 2. The van der Waals surface area contributed by atoms with Crippen LogP contribution in [0.4, 0.5) is 5.69 Å². The molecule has 0 saturated carbocycles. The van der Waals surface area contributed by atoms with E-state index >= 15 is 0 Å². The van der Waals surface area contributed by atoms with E-state index in [2.05, 4.69) is 0 Å². The van der Waals surface area contributed by atoms with Crippen LogP contribution in [-0.2, 0) is 19.6 Å². The number of esters is 1. The molecule has 0 N–H and O–H groups in total. The number of rotatable bonds is 5. The summed E-state index contributed by atoms with van der Waals surface area (Å²) in [6, 6.07) is 11.6. The summed E-state index contributed by atoms with van der Waals surface area (Å²) in [4.78, 5) is 22.8. The monoisotopic (exact) mass is 404 g/mol. The van der Waals surface area contributed by atoms with Gasteiger partial charge in [0.05, 0.1) is 28.9 Å². The molecule has 148 valence electrons. The number of sulfonamides is 1. The topological polar surface area (TPSA) is 107 Å². The zero-order valence-electron chi connectivity index (χ0n) is 15.4. The van der Waals surface area contributed by atoms with E-state index in [1.807, 2.05) is 6.92 Å². The fraction of sp³-hybridized carbons (Fsp3) is 0.316. The molecule has 3 rings (SSSR count). The highest BCUT2D eigenvalue weighted by atomic mass is 32.2. The molecule has 9 heteroatoms. The summed E-state index contributed by atoms with van der Waals surface area (Å²) in [6.07, 6.45) is 0.193. The van der Waals surface area contributed by atoms with E-state index in [9.17, 15) is 23.3 Å². The molecule has 1 aliphatic heterocycles. The molecule has 2 unspecified atom stereocenters. The number of carbonyl (C=O) groups is 1. The van der Waals surface area contributed by atoms with E-state index in [0.717, 1.165) is 5.56 Å². The first-order valence-electron chi connectivity index (χ1n) is 8.64. The molecule has 0 radical (unpaired) electrons. The molecule has 8 nitrogen and oxygen atoms in total. The van der Waals surface area contributed by atoms with Crippen molar-refractivity contribution in [3.63, 3.8) is 0 Å². The van der Waals surface area contributed by atoms with E-state index in [0.29, 0.717) is 5.56 Å². The van der Waals surface area contributed by atoms with Gasteiger partial charge >= 0.3 is 5.97 Å². The highest BCUT2D eigenvalue weighted by molar-refractivity contribution is 7.89. The summed E-state index contributed by atoms with van der Waals surface area (Å²) in [5, 5.41) is 11.1. The molecule has 0 bridgehead atoms. The molecule has 1 fully saturated rings. The van der Waals surface area contributed by atoms with Gasteiger partial charge in [-0.15, -0.1) is 0 Å². The van der Waals surface area contributed by atoms with Gasteiger partial charge in [-0.2, -0.15) is 4.31 Å². The minimum Gasteiger partial charge on any atom is -0.469 e. The van der Waals surface area contributed by atoms with Gasteiger partial charge in [0.2, 0.25) is 10.0 Å². The van der Waals surface area contributed by atoms with Crippen LogP contribution in [0, 0.1) is 23.0 Å². The third-order valence-corrected chi connectivity index (χ3v) is 6.77. The molecule has 2 aromatic rings. The molecule has 0 amide bonds. The number of methoxy groups -OCH3 is 1. The lowest BCUT2D eigenvalue weighted by Gasteiger charge is -2.24. The Bertz CT molecular complexity index is 1000. The van der Waals surface area contributed by atoms with Crippen LogP contribution in [0.25, 0.3) is 0 Å². The van der Waals surface area contributed by atoms with Crippen LogP contribution in [0.15, 0.2) is 53.4 Å². The molecule has 2 atom stereocenters. The van der Waals surface area contributed by atoms with Crippen molar-refractivity contribution in [3.8, 4) is 0 Å². The summed E-state index contributed by atoms with van der Waals surface area (Å²) in [5.74, 6) is -1.15. The smallest absolute Gasteiger partial charge is 0.310 e. The lowest BCUT2D eigenvalue weighted by molar-refractivity contribution is -0.384. The molecule has 28 heavy (non-hydrogen) atoms. The van der Waals surface area contributed by atoms with Crippen molar-refractivity contribution in [2.24, 2.45) is 5.92 Å². The number of nitrogens with zero attached hydrogens (tertiary/aromatic N) is 2. The molecule has 0 aromatic heterocycles. The summed E-state index contributed by atoms with van der Waals surface area (Å²) >= 11 is 0.